The summed E-state index contributed by atoms with van der Waals surface area (Å²) in [4.78, 5) is 32.3. The van der Waals surface area contributed by atoms with Crippen LogP contribution in [-0.2, 0) is 11.3 Å². The highest BCUT2D eigenvalue weighted by molar-refractivity contribution is 7.12. The molecule has 1 fully saturated rings. The van der Waals surface area contributed by atoms with Gasteiger partial charge in [0.05, 0.1) is 18.5 Å². The normalized spacial score (nSPS) is 13.7. The molecule has 0 saturated carbocycles. The standard InChI is InChI=1S/C25H27N3O3S/c1-31-22-11-9-21(10-12-22)28(18-20-6-3-2-4-7-20)19-24(29)26-13-15-27(16-14-26)25(30)23-8-5-17-32-23/h2-12,17H,13-16,18-19H2,1H3. The van der Waals surface area contributed by atoms with Gasteiger partial charge in [0.2, 0.25) is 5.91 Å². The van der Waals surface area contributed by atoms with E-state index in [0.29, 0.717) is 32.7 Å². The fraction of sp³-hybridized carbons (Fsp3) is 0.280. The number of carbonyl (C=O) groups is 2. The molecule has 32 heavy (non-hydrogen) atoms. The summed E-state index contributed by atoms with van der Waals surface area (Å²) in [5.74, 6) is 0.905. The van der Waals surface area contributed by atoms with Crippen LogP contribution in [0, 0.1) is 0 Å². The van der Waals surface area contributed by atoms with Crippen LogP contribution in [0.25, 0.3) is 0 Å². The number of hydrogen-bond donors (Lipinski definition) is 0. The average Bonchev–Trinajstić information content (AvgIpc) is 3.39. The largest absolute Gasteiger partial charge is 0.497 e. The van der Waals surface area contributed by atoms with E-state index in [-0.39, 0.29) is 18.4 Å². The van der Waals surface area contributed by atoms with E-state index in [2.05, 4.69) is 17.0 Å². The third-order valence-corrected chi connectivity index (χ3v) is 6.49. The fourth-order valence-corrected chi connectivity index (χ4v) is 4.50. The fourth-order valence-electron chi connectivity index (χ4n) is 3.81. The Morgan fingerprint density at radius 2 is 1.59 bits per heavy atom. The molecule has 0 aliphatic carbocycles. The molecular formula is C25H27N3O3S. The van der Waals surface area contributed by atoms with Crippen molar-refractivity contribution in [2.45, 2.75) is 6.54 Å². The third-order valence-electron chi connectivity index (χ3n) is 5.63. The molecule has 0 radical (unpaired) electrons. The second-order valence-corrected chi connectivity index (χ2v) is 8.64. The quantitative estimate of drug-likeness (QED) is 0.551. The monoisotopic (exact) mass is 449 g/mol. The zero-order valence-electron chi connectivity index (χ0n) is 18.1. The number of amides is 2. The molecule has 2 amide bonds. The number of piperazine rings is 1. The molecule has 1 aliphatic heterocycles. The summed E-state index contributed by atoms with van der Waals surface area (Å²) in [5, 5.41) is 1.91. The zero-order valence-corrected chi connectivity index (χ0v) is 19.0. The minimum Gasteiger partial charge on any atom is -0.497 e. The van der Waals surface area contributed by atoms with Crippen molar-refractivity contribution in [3.8, 4) is 5.75 Å². The topological polar surface area (TPSA) is 53.1 Å². The molecule has 0 bridgehead atoms. The lowest BCUT2D eigenvalue weighted by Crippen LogP contribution is -2.52. The molecule has 0 unspecified atom stereocenters. The van der Waals surface area contributed by atoms with Gasteiger partial charge in [-0.25, -0.2) is 0 Å². The van der Waals surface area contributed by atoms with Crippen LogP contribution >= 0.6 is 11.3 Å². The predicted octanol–water partition coefficient (Wildman–Crippen LogP) is 3.75. The number of thiophene rings is 1. The van der Waals surface area contributed by atoms with E-state index in [4.69, 9.17) is 4.74 Å². The summed E-state index contributed by atoms with van der Waals surface area (Å²) < 4.78 is 5.27. The van der Waals surface area contributed by atoms with Crippen molar-refractivity contribution in [2.24, 2.45) is 0 Å². The molecule has 0 spiro atoms. The van der Waals surface area contributed by atoms with Gasteiger partial charge in [-0.15, -0.1) is 11.3 Å². The second kappa shape index (κ2) is 10.3. The maximum absolute atomic E-state index is 13.2. The molecule has 6 nitrogen and oxygen atoms in total. The van der Waals surface area contributed by atoms with Gasteiger partial charge in [0.25, 0.3) is 5.91 Å². The Bertz CT molecular complexity index is 1010. The molecule has 3 aromatic rings. The molecule has 4 rings (SSSR count). The Morgan fingerprint density at radius 1 is 0.906 bits per heavy atom. The van der Waals surface area contributed by atoms with E-state index in [1.54, 1.807) is 7.11 Å². The van der Waals surface area contributed by atoms with Gasteiger partial charge in [-0.1, -0.05) is 36.4 Å². The minimum atomic E-state index is 0.0519. The smallest absolute Gasteiger partial charge is 0.264 e. The Morgan fingerprint density at radius 3 is 2.22 bits per heavy atom. The molecule has 1 aliphatic rings. The molecule has 2 heterocycles. The Balaban J connectivity index is 1.41. The van der Waals surface area contributed by atoms with Gasteiger partial charge in [0.15, 0.2) is 0 Å². The number of nitrogens with zero attached hydrogens (tertiary/aromatic N) is 3. The van der Waals surface area contributed by atoms with E-state index in [9.17, 15) is 9.59 Å². The van der Waals surface area contributed by atoms with Crippen molar-refractivity contribution in [1.82, 2.24) is 9.80 Å². The van der Waals surface area contributed by atoms with E-state index in [1.807, 2.05) is 69.8 Å². The Hall–Kier alpha value is -3.32. The molecule has 166 valence electrons. The van der Waals surface area contributed by atoms with Crippen LogP contribution in [0.1, 0.15) is 15.2 Å². The number of hydrogen-bond acceptors (Lipinski definition) is 5. The first-order valence-corrected chi connectivity index (χ1v) is 11.6. The van der Waals surface area contributed by atoms with E-state index < -0.39 is 0 Å². The van der Waals surface area contributed by atoms with Crippen molar-refractivity contribution in [3.63, 3.8) is 0 Å². The minimum absolute atomic E-state index is 0.0519. The summed E-state index contributed by atoms with van der Waals surface area (Å²) >= 11 is 1.45. The van der Waals surface area contributed by atoms with Crippen LogP contribution < -0.4 is 9.64 Å². The zero-order chi connectivity index (χ0) is 22.3. The summed E-state index contributed by atoms with van der Waals surface area (Å²) in [6.45, 7) is 3.14. The van der Waals surface area contributed by atoms with Gasteiger partial charge in [0, 0.05) is 38.4 Å². The molecule has 1 aromatic heterocycles. The van der Waals surface area contributed by atoms with E-state index >= 15 is 0 Å². The van der Waals surface area contributed by atoms with Gasteiger partial charge in [-0.2, -0.15) is 0 Å². The number of methoxy groups -OCH3 is 1. The number of anilines is 1. The number of benzene rings is 2. The molecule has 7 heteroatoms. The van der Waals surface area contributed by atoms with Crippen LogP contribution in [0.2, 0.25) is 0 Å². The predicted molar refractivity (Wildman–Crippen MR) is 127 cm³/mol. The maximum atomic E-state index is 13.2. The number of carbonyl (C=O) groups excluding carboxylic acids is 2. The van der Waals surface area contributed by atoms with Gasteiger partial charge in [0.1, 0.15) is 5.75 Å². The van der Waals surface area contributed by atoms with Crippen molar-refractivity contribution in [3.05, 3.63) is 82.6 Å². The van der Waals surface area contributed by atoms with Gasteiger partial charge in [-0.05, 0) is 41.3 Å². The third kappa shape index (κ3) is 5.29. The molecule has 0 N–H and O–H groups in total. The van der Waals surface area contributed by atoms with Crippen molar-refractivity contribution in [1.29, 1.82) is 0 Å². The number of ether oxygens (including phenoxy) is 1. The SMILES string of the molecule is COc1ccc(N(CC(=O)N2CCN(C(=O)c3cccs3)CC2)Cc2ccccc2)cc1. The van der Waals surface area contributed by atoms with Gasteiger partial charge >= 0.3 is 0 Å². The molecule has 0 atom stereocenters. The van der Waals surface area contributed by atoms with Crippen LogP contribution in [0.3, 0.4) is 0 Å². The second-order valence-electron chi connectivity index (χ2n) is 7.69. The molecule has 1 saturated heterocycles. The maximum Gasteiger partial charge on any atom is 0.264 e. The van der Waals surface area contributed by atoms with Crippen molar-refractivity contribution >= 4 is 28.8 Å². The lowest BCUT2D eigenvalue weighted by atomic mass is 10.2. The van der Waals surface area contributed by atoms with Crippen LogP contribution in [-0.4, -0.2) is 61.4 Å². The molecular weight excluding hydrogens is 422 g/mol. The first kappa shape index (κ1) is 21.9. The molecule has 2 aromatic carbocycles. The number of rotatable bonds is 7. The Kier molecular flexibility index (Phi) is 7.07. The lowest BCUT2D eigenvalue weighted by Gasteiger charge is -2.36. The van der Waals surface area contributed by atoms with Gasteiger partial charge < -0.3 is 19.4 Å². The average molecular weight is 450 g/mol. The first-order chi connectivity index (χ1) is 15.6. The van der Waals surface area contributed by atoms with E-state index in [1.165, 1.54) is 11.3 Å². The highest BCUT2D eigenvalue weighted by Crippen LogP contribution is 2.22. The van der Waals surface area contributed by atoms with Crippen LogP contribution in [0.4, 0.5) is 5.69 Å². The Labute approximate surface area is 192 Å². The summed E-state index contributed by atoms with van der Waals surface area (Å²) in [6, 6.07) is 21.6. The van der Waals surface area contributed by atoms with Crippen LogP contribution in [0.5, 0.6) is 5.75 Å². The summed E-state index contributed by atoms with van der Waals surface area (Å²) in [6.07, 6.45) is 0. The first-order valence-electron chi connectivity index (χ1n) is 10.7. The van der Waals surface area contributed by atoms with Gasteiger partial charge in [-0.3, -0.25) is 9.59 Å². The van der Waals surface area contributed by atoms with Crippen molar-refractivity contribution in [2.75, 3.05) is 44.7 Å². The highest BCUT2D eigenvalue weighted by Gasteiger charge is 2.26. The van der Waals surface area contributed by atoms with Crippen molar-refractivity contribution < 1.29 is 14.3 Å². The summed E-state index contributed by atoms with van der Waals surface area (Å²) in [7, 11) is 1.64. The highest BCUT2D eigenvalue weighted by atomic mass is 32.1. The lowest BCUT2D eigenvalue weighted by molar-refractivity contribution is -0.131. The van der Waals surface area contributed by atoms with Crippen LogP contribution in [0.15, 0.2) is 72.1 Å². The van der Waals surface area contributed by atoms with E-state index in [0.717, 1.165) is 21.9 Å². The summed E-state index contributed by atoms with van der Waals surface area (Å²) in [5.41, 5.74) is 2.11.